The molecule has 1 fully saturated rings. The average Bonchev–Trinajstić information content (AvgIpc) is 2.87. The summed E-state index contributed by atoms with van der Waals surface area (Å²) in [4.78, 5) is 4.35. The lowest BCUT2D eigenvalue weighted by Gasteiger charge is -2.32. The van der Waals surface area contributed by atoms with Crippen LogP contribution in [-0.4, -0.2) is 67.4 Å². The molecule has 0 unspecified atom stereocenters. The first-order chi connectivity index (χ1) is 10.7. The Kier molecular flexibility index (Phi) is 3.95. The number of benzene rings is 1. The van der Waals surface area contributed by atoms with Crippen molar-refractivity contribution >= 4 is 31.1 Å². The molecule has 126 valence electrons. The fraction of sp³-hybridized carbons (Fsp3) is 0.462. The van der Waals surface area contributed by atoms with Gasteiger partial charge in [-0.2, -0.15) is 8.61 Å². The summed E-state index contributed by atoms with van der Waals surface area (Å²) in [6.07, 6.45) is 2.76. The summed E-state index contributed by atoms with van der Waals surface area (Å²) in [5.41, 5.74) is 1.47. The van der Waals surface area contributed by atoms with E-state index in [2.05, 4.69) is 4.98 Å². The normalized spacial score (nSPS) is 18.5. The molecule has 1 aromatic carbocycles. The summed E-state index contributed by atoms with van der Waals surface area (Å²) in [5.74, 6) is 0. The first kappa shape index (κ1) is 16.4. The Labute approximate surface area is 135 Å². The van der Waals surface area contributed by atoms with E-state index in [1.165, 1.54) is 8.61 Å². The van der Waals surface area contributed by atoms with Gasteiger partial charge in [0.2, 0.25) is 20.0 Å². The van der Waals surface area contributed by atoms with Crippen molar-refractivity contribution < 1.29 is 16.8 Å². The van der Waals surface area contributed by atoms with E-state index < -0.39 is 20.0 Å². The number of hydrogen-bond donors (Lipinski definition) is 0. The van der Waals surface area contributed by atoms with Gasteiger partial charge in [-0.1, -0.05) is 0 Å². The minimum Gasteiger partial charge on any atom is -0.334 e. The number of fused-ring (bicyclic) bond motifs is 1. The lowest BCUT2D eigenvalue weighted by Crippen LogP contribution is -2.50. The van der Waals surface area contributed by atoms with Crippen LogP contribution in [0.4, 0.5) is 0 Å². The first-order valence-electron chi connectivity index (χ1n) is 7.06. The molecule has 0 bridgehead atoms. The zero-order valence-corrected chi connectivity index (χ0v) is 14.5. The molecule has 1 aromatic heterocycles. The fourth-order valence-electron chi connectivity index (χ4n) is 2.67. The Morgan fingerprint density at radius 1 is 1.00 bits per heavy atom. The maximum atomic E-state index is 12.7. The molecule has 2 heterocycles. The molecule has 8 nitrogen and oxygen atoms in total. The Bertz CT molecular complexity index is 942. The Morgan fingerprint density at radius 3 is 2.22 bits per heavy atom. The van der Waals surface area contributed by atoms with E-state index in [1.54, 1.807) is 24.5 Å². The highest BCUT2D eigenvalue weighted by Crippen LogP contribution is 2.22. The van der Waals surface area contributed by atoms with Crippen LogP contribution in [-0.2, 0) is 27.1 Å². The van der Waals surface area contributed by atoms with Gasteiger partial charge in [0.1, 0.15) is 0 Å². The van der Waals surface area contributed by atoms with E-state index in [9.17, 15) is 16.8 Å². The number of aromatic nitrogens is 2. The minimum atomic E-state index is -3.65. The van der Waals surface area contributed by atoms with Gasteiger partial charge < -0.3 is 4.57 Å². The predicted octanol–water partition coefficient (Wildman–Crippen LogP) is -0.161. The standard InChI is InChI=1S/C13H18N4O4S2/c1-15-10-14-12-9-11(3-4-13(12)15)23(20,21)17-7-5-16(6-8-17)22(2,18)19/h3-4,9-10H,5-8H2,1-2H3. The minimum absolute atomic E-state index is 0.148. The van der Waals surface area contributed by atoms with Crippen LogP contribution in [0.5, 0.6) is 0 Å². The van der Waals surface area contributed by atoms with E-state index >= 15 is 0 Å². The van der Waals surface area contributed by atoms with Gasteiger partial charge in [-0.15, -0.1) is 0 Å². The second kappa shape index (κ2) is 5.55. The molecule has 1 aliphatic rings. The van der Waals surface area contributed by atoms with Gasteiger partial charge >= 0.3 is 0 Å². The molecule has 0 aliphatic carbocycles. The zero-order chi connectivity index (χ0) is 16.8. The van der Waals surface area contributed by atoms with Gasteiger partial charge in [0, 0.05) is 33.2 Å². The number of sulfonamides is 2. The molecule has 0 saturated carbocycles. The molecular formula is C13H18N4O4S2. The van der Waals surface area contributed by atoms with E-state index in [0.29, 0.717) is 5.52 Å². The Balaban J connectivity index is 1.86. The molecule has 1 saturated heterocycles. The molecular weight excluding hydrogens is 340 g/mol. The largest absolute Gasteiger partial charge is 0.334 e. The van der Waals surface area contributed by atoms with Crippen LogP contribution in [0.3, 0.4) is 0 Å². The van der Waals surface area contributed by atoms with E-state index in [0.717, 1.165) is 11.8 Å². The maximum Gasteiger partial charge on any atom is 0.243 e. The van der Waals surface area contributed by atoms with E-state index in [-0.39, 0.29) is 31.1 Å². The van der Waals surface area contributed by atoms with Crippen molar-refractivity contribution in [1.82, 2.24) is 18.2 Å². The molecule has 0 atom stereocenters. The molecule has 0 N–H and O–H groups in total. The van der Waals surface area contributed by atoms with Crippen molar-refractivity contribution in [2.45, 2.75) is 4.90 Å². The van der Waals surface area contributed by atoms with Crippen LogP contribution in [0.2, 0.25) is 0 Å². The maximum absolute atomic E-state index is 12.7. The molecule has 0 amide bonds. The number of rotatable bonds is 3. The number of nitrogens with zero attached hydrogens (tertiary/aromatic N) is 4. The van der Waals surface area contributed by atoms with Crippen LogP contribution in [0.1, 0.15) is 0 Å². The van der Waals surface area contributed by atoms with E-state index in [1.807, 2.05) is 11.6 Å². The summed E-state index contributed by atoms with van der Waals surface area (Å²) in [6.45, 7) is 0.638. The van der Waals surface area contributed by atoms with Crippen LogP contribution in [0.15, 0.2) is 29.4 Å². The van der Waals surface area contributed by atoms with Gasteiger partial charge in [0.25, 0.3) is 0 Å². The fourth-order valence-corrected chi connectivity index (χ4v) is 4.94. The van der Waals surface area contributed by atoms with Gasteiger partial charge in [-0.3, -0.25) is 0 Å². The first-order valence-corrected chi connectivity index (χ1v) is 10.3. The molecule has 3 rings (SSSR count). The predicted molar refractivity (Wildman–Crippen MR) is 85.9 cm³/mol. The van der Waals surface area contributed by atoms with Crippen LogP contribution in [0, 0.1) is 0 Å². The molecule has 23 heavy (non-hydrogen) atoms. The summed E-state index contributed by atoms with van der Waals surface area (Å²) in [7, 11) is -5.10. The third-order valence-corrected chi connectivity index (χ3v) is 7.20. The topological polar surface area (TPSA) is 92.6 Å². The Hall–Kier alpha value is -1.49. The second-order valence-electron chi connectivity index (χ2n) is 5.57. The summed E-state index contributed by atoms with van der Waals surface area (Å²) in [5, 5.41) is 0. The van der Waals surface area contributed by atoms with Crippen LogP contribution in [0.25, 0.3) is 11.0 Å². The van der Waals surface area contributed by atoms with Crippen molar-refractivity contribution in [3.8, 4) is 0 Å². The quantitative estimate of drug-likeness (QED) is 0.760. The second-order valence-corrected chi connectivity index (χ2v) is 9.49. The summed E-state index contributed by atoms with van der Waals surface area (Å²) in [6, 6.07) is 4.83. The van der Waals surface area contributed by atoms with Crippen molar-refractivity contribution in [3.05, 3.63) is 24.5 Å². The van der Waals surface area contributed by atoms with Crippen molar-refractivity contribution in [2.75, 3.05) is 32.4 Å². The molecule has 0 spiro atoms. The van der Waals surface area contributed by atoms with E-state index in [4.69, 9.17) is 0 Å². The number of aryl methyl sites for hydroxylation is 1. The molecule has 1 aliphatic heterocycles. The highest BCUT2D eigenvalue weighted by molar-refractivity contribution is 7.89. The number of imidazole rings is 1. The summed E-state index contributed by atoms with van der Waals surface area (Å²) >= 11 is 0. The van der Waals surface area contributed by atoms with Crippen molar-refractivity contribution in [3.63, 3.8) is 0 Å². The SMILES string of the molecule is Cn1cnc2cc(S(=O)(=O)N3CCN(S(C)(=O)=O)CC3)ccc21. The molecule has 0 radical (unpaired) electrons. The third kappa shape index (κ3) is 2.99. The summed E-state index contributed by atoms with van der Waals surface area (Å²) < 4.78 is 52.9. The van der Waals surface area contributed by atoms with Crippen molar-refractivity contribution in [1.29, 1.82) is 0 Å². The van der Waals surface area contributed by atoms with Gasteiger partial charge in [-0.25, -0.2) is 21.8 Å². The highest BCUT2D eigenvalue weighted by atomic mass is 32.2. The molecule has 2 aromatic rings. The lowest BCUT2D eigenvalue weighted by molar-refractivity contribution is 0.274. The van der Waals surface area contributed by atoms with Gasteiger partial charge in [0.15, 0.2) is 0 Å². The van der Waals surface area contributed by atoms with Gasteiger partial charge in [0.05, 0.1) is 28.5 Å². The lowest BCUT2D eigenvalue weighted by atomic mass is 10.3. The number of piperazine rings is 1. The average molecular weight is 358 g/mol. The van der Waals surface area contributed by atoms with Gasteiger partial charge in [-0.05, 0) is 18.2 Å². The molecule has 10 heteroatoms. The monoisotopic (exact) mass is 358 g/mol. The smallest absolute Gasteiger partial charge is 0.243 e. The van der Waals surface area contributed by atoms with Crippen LogP contribution >= 0.6 is 0 Å². The zero-order valence-electron chi connectivity index (χ0n) is 12.9. The number of hydrogen-bond acceptors (Lipinski definition) is 5. The Morgan fingerprint density at radius 2 is 1.61 bits per heavy atom. The van der Waals surface area contributed by atoms with Crippen molar-refractivity contribution in [2.24, 2.45) is 7.05 Å². The third-order valence-electron chi connectivity index (χ3n) is 4.00. The highest BCUT2D eigenvalue weighted by Gasteiger charge is 2.31. The van der Waals surface area contributed by atoms with Crippen LogP contribution < -0.4 is 0 Å².